The molecule has 8 nitrogen and oxygen atoms in total. The van der Waals surface area contributed by atoms with E-state index in [-0.39, 0.29) is 5.91 Å². The number of aromatic nitrogens is 2. The Morgan fingerprint density at radius 1 is 0.821 bits per heavy atom. The zero-order valence-corrected chi connectivity index (χ0v) is 15.4. The molecule has 0 saturated heterocycles. The lowest BCUT2D eigenvalue weighted by Gasteiger charge is -2.11. The highest BCUT2D eigenvalue weighted by molar-refractivity contribution is 6.43. The molecule has 0 atom stereocenters. The molecule has 3 rings (SSSR count). The van der Waals surface area contributed by atoms with Gasteiger partial charge in [-0.2, -0.15) is 5.10 Å². The Balaban J connectivity index is 1.67. The predicted molar refractivity (Wildman–Crippen MR) is 106 cm³/mol. The summed E-state index contributed by atoms with van der Waals surface area (Å²) in [5, 5.41) is 11.9. The van der Waals surface area contributed by atoms with Crippen LogP contribution in [-0.2, 0) is 14.4 Å². The van der Waals surface area contributed by atoms with Crippen molar-refractivity contribution in [2.45, 2.75) is 13.8 Å². The molecule has 0 aliphatic heterocycles. The number of hydrogen-bond donors (Lipinski definition) is 3. The normalized spacial score (nSPS) is 10.2. The van der Waals surface area contributed by atoms with Gasteiger partial charge in [-0.25, -0.2) is 4.68 Å². The Hall–Kier alpha value is -3.94. The van der Waals surface area contributed by atoms with E-state index >= 15 is 0 Å². The van der Waals surface area contributed by atoms with Gasteiger partial charge in [-0.05, 0) is 42.8 Å². The van der Waals surface area contributed by atoms with Crippen molar-refractivity contribution < 1.29 is 14.4 Å². The van der Waals surface area contributed by atoms with Crippen LogP contribution in [0.25, 0.3) is 5.69 Å². The maximum absolute atomic E-state index is 12.3. The fourth-order valence-electron chi connectivity index (χ4n) is 2.59. The van der Waals surface area contributed by atoms with Crippen LogP contribution in [0.2, 0.25) is 0 Å². The van der Waals surface area contributed by atoms with E-state index in [2.05, 4.69) is 21.0 Å². The summed E-state index contributed by atoms with van der Waals surface area (Å²) < 4.78 is 1.56. The highest BCUT2D eigenvalue weighted by atomic mass is 16.2. The highest BCUT2D eigenvalue weighted by Crippen LogP contribution is 2.18. The first-order valence-electron chi connectivity index (χ1n) is 8.54. The second kappa shape index (κ2) is 8.17. The van der Waals surface area contributed by atoms with Gasteiger partial charge in [0.2, 0.25) is 5.91 Å². The molecule has 8 heteroatoms. The Kier molecular flexibility index (Phi) is 5.50. The summed E-state index contributed by atoms with van der Waals surface area (Å²) in [6, 6.07) is 15.6. The van der Waals surface area contributed by atoms with E-state index in [9.17, 15) is 14.4 Å². The van der Waals surface area contributed by atoms with E-state index in [0.29, 0.717) is 17.2 Å². The first kappa shape index (κ1) is 18.8. The van der Waals surface area contributed by atoms with Crippen LogP contribution >= 0.6 is 0 Å². The molecule has 0 aliphatic rings. The summed E-state index contributed by atoms with van der Waals surface area (Å²) >= 11 is 0. The van der Waals surface area contributed by atoms with Crippen molar-refractivity contribution in [1.82, 2.24) is 9.78 Å². The van der Waals surface area contributed by atoms with Gasteiger partial charge in [-0.1, -0.05) is 18.2 Å². The minimum atomic E-state index is -0.818. The second-order valence-corrected chi connectivity index (χ2v) is 6.08. The molecule has 1 aromatic heterocycles. The molecular weight excluding hydrogens is 358 g/mol. The monoisotopic (exact) mass is 377 g/mol. The number of anilines is 3. The number of hydrogen-bond acceptors (Lipinski definition) is 4. The van der Waals surface area contributed by atoms with Crippen molar-refractivity contribution in [2.75, 3.05) is 16.0 Å². The third kappa shape index (κ3) is 4.42. The molecule has 142 valence electrons. The van der Waals surface area contributed by atoms with Crippen LogP contribution in [-0.4, -0.2) is 27.5 Å². The van der Waals surface area contributed by atoms with Crippen molar-refractivity contribution in [3.8, 4) is 5.69 Å². The van der Waals surface area contributed by atoms with Crippen LogP contribution in [0.5, 0.6) is 0 Å². The van der Waals surface area contributed by atoms with Gasteiger partial charge in [0.25, 0.3) is 0 Å². The molecule has 3 N–H and O–H groups in total. The van der Waals surface area contributed by atoms with E-state index in [4.69, 9.17) is 0 Å². The van der Waals surface area contributed by atoms with E-state index in [0.717, 1.165) is 11.3 Å². The summed E-state index contributed by atoms with van der Waals surface area (Å²) in [6.07, 6.45) is 1.54. The van der Waals surface area contributed by atoms with Crippen molar-refractivity contribution >= 4 is 34.9 Å². The van der Waals surface area contributed by atoms with E-state index < -0.39 is 11.8 Å². The van der Waals surface area contributed by atoms with E-state index in [1.165, 1.54) is 6.92 Å². The maximum Gasteiger partial charge on any atom is 0.315 e. The molecule has 28 heavy (non-hydrogen) atoms. The van der Waals surface area contributed by atoms with Crippen LogP contribution in [0.4, 0.5) is 17.2 Å². The average Bonchev–Trinajstić information content (AvgIpc) is 3.11. The lowest BCUT2D eigenvalue weighted by atomic mass is 10.2. The van der Waals surface area contributed by atoms with Crippen molar-refractivity contribution in [2.24, 2.45) is 0 Å². The minimum absolute atomic E-state index is 0.193. The lowest BCUT2D eigenvalue weighted by molar-refractivity contribution is -0.133. The second-order valence-electron chi connectivity index (χ2n) is 6.08. The highest BCUT2D eigenvalue weighted by Gasteiger charge is 2.17. The van der Waals surface area contributed by atoms with Gasteiger partial charge in [-0.15, -0.1) is 0 Å². The molecule has 0 bridgehead atoms. The predicted octanol–water partition coefficient (Wildman–Crippen LogP) is 2.72. The first-order valence-corrected chi connectivity index (χ1v) is 8.54. The fourth-order valence-corrected chi connectivity index (χ4v) is 2.59. The quantitative estimate of drug-likeness (QED) is 0.608. The molecule has 3 aromatic rings. The topological polar surface area (TPSA) is 105 Å². The molecule has 0 spiro atoms. The lowest BCUT2D eigenvalue weighted by Crippen LogP contribution is -2.30. The van der Waals surface area contributed by atoms with Crippen molar-refractivity contribution in [3.05, 3.63) is 66.4 Å². The number of para-hydroxylation sites is 1. The molecule has 0 aliphatic carbocycles. The van der Waals surface area contributed by atoms with Crippen LogP contribution in [0.3, 0.4) is 0 Å². The zero-order chi connectivity index (χ0) is 20.1. The summed E-state index contributed by atoms with van der Waals surface area (Å²) in [7, 11) is 0. The standard InChI is InChI=1S/C20H19N5O3/c1-13-5-3-4-6-17(13)25-18(11-12-21-25)24-20(28)19(27)23-16-9-7-15(8-10-16)22-14(2)26/h3-12H,1-2H3,(H,22,26)(H,23,27)(H,24,28). The number of amides is 3. The maximum atomic E-state index is 12.3. The Labute approximate surface area is 161 Å². The number of benzene rings is 2. The van der Waals surface area contributed by atoms with Gasteiger partial charge in [0.05, 0.1) is 11.9 Å². The summed E-state index contributed by atoms with van der Waals surface area (Å²) in [4.78, 5) is 35.5. The number of nitrogens with one attached hydrogen (secondary N) is 3. The molecule has 3 amide bonds. The number of carbonyl (C=O) groups excluding carboxylic acids is 3. The number of aryl methyl sites for hydroxylation is 1. The molecule has 1 heterocycles. The van der Waals surface area contributed by atoms with Crippen LogP contribution in [0.1, 0.15) is 12.5 Å². The fraction of sp³-hybridized carbons (Fsp3) is 0.100. The summed E-state index contributed by atoms with van der Waals surface area (Å²) in [5.74, 6) is -1.44. The largest absolute Gasteiger partial charge is 0.326 e. The first-order chi connectivity index (χ1) is 13.4. The third-order valence-corrected chi connectivity index (χ3v) is 3.90. The van der Waals surface area contributed by atoms with Gasteiger partial charge in [0, 0.05) is 24.4 Å². The van der Waals surface area contributed by atoms with Crippen LogP contribution in [0.15, 0.2) is 60.8 Å². The van der Waals surface area contributed by atoms with Gasteiger partial charge in [-0.3, -0.25) is 14.4 Å². The SMILES string of the molecule is CC(=O)Nc1ccc(NC(=O)C(=O)Nc2ccnn2-c2ccccc2C)cc1. The molecule has 2 aromatic carbocycles. The number of nitrogens with zero attached hydrogens (tertiary/aromatic N) is 2. The molecule has 0 saturated carbocycles. The van der Waals surface area contributed by atoms with Crippen molar-refractivity contribution in [1.29, 1.82) is 0 Å². The molecular formula is C20H19N5O3. The van der Waals surface area contributed by atoms with E-state index in [1.54, 1.807) is 41.2 Å². The van der Waals surface area contributed by atoms with Crippen LogP contribution in [0, 0.1) is 6.92 Å². The number of carbonyl (C=O) groups is 3. The summed E-state index contributed by atoms with van der Waals surface area (Å²) in [5.41, 5.74) is 2.81. The third-order valence-electron chi connectivity index (χ3n) is 3.90. The van der Waals surface area contributed by atoms with Crippen LogP contribution < -0.4 is 16.0 Å². The molecule has 0 unspecified atom stereocenters. The Morgan fingerprint density at radius 2 is 1.43 bits per heavy atom. The summed E-state index contributed by atoms with van der Waals surface area (Å²) in [6.45, 7) is 3.33. The van der Waals surface area contributed by atoms with Gasteiger partial charge in [0.1, 0.15) is 5.82 Å². The van der Waals surface area contributed by atoms with E-state index in [1.807, 2.05) is 31.2 Å². The van der Waals surface area contributed by atoms with Gasteiger partial charge < -0.3 is 16.0 Å². The molecule has 0 fully saturated rings. The van der Waals surface area contributed by atoms with Gasteiger partial charge in [0.15, 0.2) is 0 Å². The Bertz CT molecular complexity index is 1020. The number of rotatable bonds is 4. The molecule has 0 radical (unpaired) electrons. The Morgan fingerprint density at radius 3 is 2.07 bits per heavy atom. The van der Waals surface area contributed by atoms with Gasteiger partial charge >= 0.3 is 11.8 Å². The average molecular weight is 377 g/mol. The zero-order valence-electron chi connectivity index (χ0n) is 15.4. The minimum Gasteiger partial charge on any atom is -0.326 e. The smallest absolute Gasteiger partial charge is 0.315 e. The van der Waals surface area contributed by atoms with Crippen molar-refractivity contribution in [3.63, 3.8) is 0 Å².